The lowest BCUT2D eigenvalue weighted by Gasteiger charge is -2.36. The largest absolute Gasteiger partial charge is 0.387 e. The second kappa shape index (κ2) is 9.16. The summed E-state index contributed by atoms with van der Waals surface area (Å²) in [5.41, 5.74) is 0.937. The van der Waals surface area contributed by atoms with Crippen molar-refractivity contribution in [2.75, 3.05) is 39.3 Å². The maximum Gasteiger partial charge on any atom is 0.251 e. The molecule has 0 aliphatic carbocycles. The van der Waals surface area contributed by atoms with Crippen LogP contribution in [0.4, 0.5) is 0 Å². The first-order valence-electron chi connectivity index (χ1n) is 8.83. The fourth-order valence-corrected chi connectivity index (χ4v) is 2.84. The van der Waals surface area contributed by atoms with Gasteiger partial charge in [-0.25, -0.2) is 0 Å². The summed E-state index contributed by atoms with van der Waals surface area (Å²) in [5.74, 6) is 0.496. The summed E-state index contributed by atoms with van der Waals surface area (Å²) in [4.78, 5) is 16.5. The van der Waals surface area contributed by atoms with Gasteiger partial charge < -0.3 is 14.7 Å². The molecule has 2 rings (SSSR count). The molecular formula is C19H30N2O3. The number of aliphatic hydroxyl groups is 1. The molecule has 0 aromatic heterocycles. The van der Waals surface area contributed by atoms with Crippen molar-refractivity contribution >= 4 is 5.91 Å². The van der Waals surface area contributed by atoms with E-state index in [9.17, 15) is 9.90 Å². The van der Waals surface area contributed by atoms with E-state index in [-0.39, 0.29) is 12.0 Å². The van der Waals surface area contributed by atoms with E-state index in [4.69, 9.17) is 4.74 Å². The van der Waals surface area contributed by atoms with Crippen molar-refractivity contribution in [1.82, 2.24) is 9.80 Å². The lowest BCUT2D eigenvalue weighted by Crippen LogP contribution is -2.52. The maximum absolute atomic E-state index is 12.4. The van der Waals surface area contributed by atoms with Gasteiger partial charge in [0.05, 0.1) is 6.10 Å². The van der Waals surface area contributed by atoms with Crippen LogP contribution in [0.1, 0.15) is 32.4 Å². The first-order chi connectivity index (χ1) is 11.5. The van der Waals surface area contributed by atoms with Gasteiger partial charge in [-0.15, -0.1) is 0 Å². The van der Waals surface area contributed by atoms with Gasteiger partial charge in [-0.05, 0) is 18.4 Å². The second-order valence-corrected chi connectivity index (χ2v) is 6.92. The van der Waals surface area contributed by atoms with Crippen LogP contribution in [0.3, 0.4) is 0 Å². The molecule has 1 saturated heterocycles. The van der Waals surface area contributed by atoms with Gasteiger partial charge in [0.2, 0.25) is 0 Å². The summed E-state index contributed by atoms with van der Waals surface area (Å²) in [6.07, 6.45) is -0.865. The van der Waals surface area contributed by atoms with E-state index in [0.717, 1.165) is 18.7 Å². The van der Waals surface area contributed by atoms with Crippen molar-refractivity contribution in [1.29, 1.82) is 0 Å². The normalized spacial score (nSPS) is 18.6. The van der Waals surface area contributed by atoms with Crippen LogP contribution in [0, 0.1) is 5.92 Å². The van der Waals surface area contributed by atoms with E-state index in [1.54, 1.807) is 0 Å². The van der Waals surface area contributed by atoms with Crippen LogP contribution in [-0.4, -0.2) is 66.2 Å². The summed E-state index contributed by atoms with van der Waals surface area (Å²) in [7, 11) is 0. The molecule has 1 fully saturated rings. The number of piperazine rings is 1. The number of benzene rings is 1. The molecule has 5 nitrogen and oxygen atoms in total. The van der Waals surface area contributed by atoms with Crippen LogP contribution in [0.2, 0.25) is 0 Å². The Bertz CT molecular complexity index is 499. The lowest BCUT2D eigenvalue weighted by molar-refractivity contribution is -0.145. The molecule has 1 heterocycles. The Hall–Kier alpha value is -1.43. The van der Waals surface area contributed by atoms with E-state index in [2.05, 4.69) is 18.7 Å². The number of carbonyl (C=O) groups is 1. The van der Waals surface area contributed by atoms with Gasteiger partial charge in [0.25, 0.3) is 5.91 Å². The third kappa shape index (κ3) is 5.58. The number of aliphatic hydroxyl groups excluding tert-OH is 1. The summed E-state index contributed by atoms with van der Waals surface area (Å²) in [6, 6.07) is 9.71. The van der Waals surface area contributed by atoms with Crippen LogP contribution in [0.25, 0.3) is 0 Å². The molecule has 2 atom stereocenters. The van der Waals surface area contributed by atoms with Crippen molar-refractivity contribution in [3.05, 3.63) is 35.9 Å². The molecule has 0 unspecified atom stereocenters. The van der Waals surface area contributed by atoms with Crippen molar-refractivity contribution < 1.29 is 14.6 Å². The highest BCUT2D eigenvalue weighted by Crippen LogP contribution is 2.15. The number of amides is 1. The first-order valence-corrected chi connectivity index (χ1v) is 8.83. The number of hydrogen-bond acceptors (Lipinski definition) is 4. The van der Waals surface area contributed by atoms with Gasteiger partial charge in [-0.1, -0.05) is 44.2 Å². The molecule has 1 amide bonds. The minimum atomic E-state index is -0.484. The minimum absolute atomic E-state index is 0.0684. The summed E-state index contributed by atoms with van der Waals surface area (Å²) in [6.45, 7) is 10.1. The molecule has 1 N–H and O–H groups in total. The Balaban J connectivity index is 1.75. The maximum atomic E-state index is 12.4. The number of rotatable bonds is 7. The highest BCUT2D eigenvalue weighted by Gasteiger charge is 2.26. The third-order valence-corrected chi connectivity index (χ3v) is 4.33. The second-order valence-electron chi connectivity index (χ2n) is 6.92. The highest BCUT2D eigenvalue weighted by atomic mass is 16.5. The zero-order valence-corrected chi connectivity index (χ0v) is 15.0. The van der Waals surface area contributed by atoms with Gasteiger partial charge in [-0.3, -0.25) is 9.69 Å². The predicted octanol–water partition coefficient (Wildman–Crippen LogP) is 1.93. The summed E-state index contributed by atoms with van der Waals surface area (Å²) < 4.78 is 5.62. The smallest absolute Gasteiger partial charge is 0.251 e. The number of ether oxygens (including phenoxy) is 1. The Kier molecular flexibility index (Phi) is 7.21. The zero-order chi connectivity index (χ0) is 17.5. The van der Waals surface area contributed by atoms with Crippen molar-refractivity contribution in [2.45, 2.75) is 33.0 Å². The molecule has 1 aliphatic heterocycles. The molecule has 0 saturated carbocycles. The minimum Gasteiger partial charge on any atom is -0.387 e. The van der Waals surface area contributed by atoms with E-state index in [1.807, 2.05) is 42.2 Å². The van der Waals surface area contributed by atoms with Crippen molar-refractivity contribution in [2.24, 2.45) is 5.92 Å². The molecule has 0 spiro atoms. The molecule has 24 heavy (non-hydrogen) atoms. The summed E-state index contributed by atoms with van der Waals surface area (Å²) >= 11 is 0. The standard InChI is InChI=1S/C19H30N2O3/c1-15(2)14-24-16(3)19(23)21-11-9-20(10-12-21)13-18(22)17-7-5-4-6-8-17/h4-8,15-16,18,22H,9-14H2,1-3H3/t16-,18-/m0/s1. The SMILES string of the molecule is CC(C)CO[C@@H](C)C(=O)N1CCN(C[C@H](O)c2ccccc2)CC1. The topological polar surface area (TPSA) is 53.0 Å². The predicted molar refractivity (Wildman–Crippen MR) is 94.7 cm³/mol. The molecule has 0 bridgehead atoms. The average Bonchev–Trinajstić information content (AvgIpc) is 2.60. The van der Waals surface area contributed by atoms with Crippen LogP contribution in [-0.2, 0) is 9.53 Å². The number of hydrogen-bond donors (Lipinski definition) is 1. The van der Waals surface area contributed by atoms with Gasteiger partial charge in [0.15, 0.2) is 0 Å². The van der Waals surface area contributed by atoms with Crippen molar-refractivity contribution in [3.8, 4) is 0 Å². The van der Waals surface area contributed by atoms with E-state index in [1.165, 1.54) is 0 Å². The third-order valence-electron chi connectivity index (χ3n) is 4.33. The molecule has 1 aliphatic rings. The van der Waals surface area contributed by atoms with Crippen molar-refractivity contribution in [3.63, 3.8) is 0 Å². The number of β-amino-alcohol motifs (C(OH)–C–C–N with tert-alkyl or cyclic N) is 1. The van der Waals surface area contributed by atoms with Gasteiger partial charge in [-0.2, -0.15) is 0 Å². The van der Waals surface area contributed by atoms with Crippen LogP contribution in [0.15, 0.2) is 30.3 Å². The molecule has 5 heteroatoms. The monoisotopic (exact) mass is 334 g/mol. The molecular weight excluding hydrogens is 304 g/mol. The fraction of sp³-hybridized carbons (Fsp3) is 0.632. The Morgan fingerprint density at radius 3 is 2.33 bits per heavy atom. The van der Waals surface area contributed by atoms with Crippen LogP contribution in [0.5, 0.6) is 0 Å². The molecule has 0 radical (unpaired) electrons. The van der Waals surface area contributed by atoms with Gasteiger partial charge >= 0.3 is 0 Å². The molecule has 1 aromatic rings. The quantitative estimate of drug-likeness (QED) is 0.828. The number of carbonyl (C=O) groups excluding carboxylic acids is 1. The Morgan fingerprint density at radius 2 is 1.75 bits per heavy atom. The average molecular weight is 334 g/mol. The van der Waals surface area contributed by atoms with E-state index < -0.39 is 6.10 Å². The van der Waals surface area contributed by atoms with E-state index >= 15 is 0 Å². The van der Waals surface area contributed by atoms with Gasteiger partial charge in [0, 0.05) is 39.3 Å². The highest BCUT2D eigenvalue weighted by molar-refractivity contribution is 5.80. The Labute approximate surface area is 145 Å². The van der Waals surface area contributed by atoms with Gasteiger partial charge in [0.1, 0.15) is 6.10 Å². The van der Waals surface area contributed by atoms with E-state index in [0.29, 0.717) is 32.2 Å². The fourth-order valence-electron chi connectivity index (χ4n) is 2.84. The molecule has 134 valence electrons. The summed E-state index contributed by atoms with van der Waals surface area (Å²) in [5, 5.41) is 10.3. The van der Waals surface area contributed by atoms with Crippen LogP contribution < -0.4 is 0 Å². The van der Waals surface area contributed by atoms with Crippen LogP contribution >= 0.6 is 0 Å². The molecule has 1 aromatic carbocycles. The Morgan fingerprint density at radius 1 is 1.12 bits per heavy atom. The zero-order valence-electron chi connectivity index (χ0n) is 15.0. The lowest BCUT2D eigenvalue weighted by atomic mass is 10.1. The number of nitrogens with zero attached hydrogens (tertiary/aromatic N) is 2. The first kappa shape index (κ1) is 18.9.